The summed E-state index contributed by atoms with van der Waals surface area (Å²) in [6.45, 7) is 0.440. The van der Waals surface area contributed by atoms with E-state index in [9.17, 15) is 5.11 Å². The highest BCUT2D eigenvalue weighted by atomic mass is 35.5. The van der Waals surface area contributed by atoms with Gasteiger partial charge in [0.25, 0.3) is 0 Å². The lowest BCUT2D eigenvalue weighted by Crippen LogP contribution is -2.02. The van der Waals surface area contributed by atoms with Gasteiger partial charge in [0, 0.05) is 23.2 Å². The molecule has 2 rings (SSSR count). The summed E-state index contributed by atoms with van der Waals surface area (Å²) in [5, 5.41) is 13.6. The van der Waals surface area contributed by atoms with Crippen LogP contribution in [0.15, 0.2) is 36.4 Å². The van der Waals surface area contributed by atoms with Crippen molar-refractivity contribution >= 4 is 17.3 Å². The van der Waals surface area contributed by atoms with Gasteiger partial charge in [-0.1, -0.05) is 11.6 Å². The summed E-state index contributed by atoms with van der Waals surface area (Å²) in [6, 6.07) is 10.4. The number of hydrogen-bond acceptors (Lipinski definition) is 4. The highest BCUT2D eigenvalue weighted by molar-refractivity contribution is 6.30. The lowest BCUT2D eigenvalue weighted by Gasteiger charge is -2.13. The van der Waals surface area contributed by atoms with Gasteiger partial charge in [0.1, 0.15) is 17.2 Å². The summed E-state index contributed by atoms with van der Waals surface area (Å²) in [5.41, 5.74) is 1.53. The standard InChI is InChI=1S/C15H16ClNO3/c1-19-12-4-5-13(15(8-12)20-2)17-9-10-7-11(16)3-6-14(10)18/h3-8,17-18H,9H2,1-2H3. The van der Waals surface area contributed by atoms with Gasteiger partial charge < -0.3 is 19.9 Å². The first-order chi connectivity index (χ1) is 9.63. The Kier molecular flexibility index (Phi) is 4.58. The van der Waals surface area contributed by atoms with E-state index in [0.717, 1.165) is 17.0 Å². The Morgan fingerprint density at radius 1 is 1.10 bits per heavy atom. The summed E-state index contributed by atoms with van der Waals surface area (Å²) in [6.07, 6.45) is 0. The molecular formula is C15H16ClNO3. The number of anilines is 1. The maximum Gasteiger partial charge on any atom is 0.145 e. The van der Waals surface area contributed by atoms with E-state index in [2.05, 4.69) is 5.32 Å². The lowest BCUT2D eigenvalue weighted by atomic mass is 10.2. The van der Waals surface area contributed by atoms with Crippen LogP contribution < -0.4 is 14.8 Å². The van der Waals surface area contributed by atoms with Crippen molar-refractivity contribution in [3.8, 4) is 17.2 Å². The van der Waals surface area contributed by atoms with Gasteiger partial charge in [-0.15, -0.1) is 0 Å². The second-order valence-electron chi connectivity index (χ2n) is 4.19. The number of rotatable bonds is 5. The van der Waals surface area contributed by atoms with Crippen molar-refractivity contribution in [2.45, 2.75) is 6.54 Å². The van der Waals surface area contributed by atoms with Crippen LogP contribution in [-0.4, -0.2) is 19.3 Å². The van der Waals surface area contributed by atoms with Gasteiger partial charge in [-0.2, -0.15) is 0 Å². The van der Waals surface area contributed by atoms with Crippen molar-refractivity contribution < 1.29 is 14.6 Å². The highest BCUT2D eigenvalue weighted by Gasteiger charge is 2.07. The molecule has 0 heterocycles. The molecule has 2 aromatic carbocycles. The molecule has 0 radical (unpaired) electrons. The molecule has 4 nitrogen and oxygen atoms in total. The highest BCUT2D eigenvalue weighted by Crippen LogP contribution is 2.30. The van der Waals surface area contributed by atoms with E-state index in [4.69, 9.17) is 21.1 Å². The van der Waals surface area contributed by atoms with Gasteiger partial charge in [0.15, 0.2) is 0 Å². The molecule has 0 aromatic heterocycles. The van der Waals surface area contributed by atoms with E-state index >= 15 is 0 Å². The number of benzene rings is 2. The van der Waals surface area contributed by atoms with Crippen LogP contribution in [0.2, 0.25) is 5.02 Å². The first-order valence-corrected chi connectivity index (χ1v) is 6.45. The molecule has 2 N–H and O–H groups in total. The second kappa shape index (κ2) is 6.39. The second-order valence-corrected chi connectivity index (χ2v) is 4.63. The van der Waals surface area contributed by atoms with Gasteiger partial charge in [-0.25, -0.2) is 0 Å². The quantitative estimate of drug-likeness (QED) is 0.883. The number of phenols is 1. The first kappa shape index (κ1) is 14.3. The average Bonchev–Trinajstić information content (AvgIpc) is 2.48. The van der Waals surface area contributed by atoms with Gasteiger partial charge >= 0.3 is 0 Å². The van der Waals surface area contributed by atoms with Gasteiger partial charge in [0.2, 0.25) is 0 Å². The fourth-order valence-electron chi connectivity index (χ4n) is 1.83. The van der Waals surface area contributed by atoms with Crippen LogP contribution >= 0.6 is 11.6 Å². The number of phenolic OH excluding ortho intramolecular Hbond substituents is 1. The fourth-order valence-corrected chi connectivity index (χ4v) is 2.03. The molecule has 5 heteroatoms. The zero-order valence-corrected chi connectivity index (χ0v) is 12.1. The molecule has 2 aromatic rings. The molecule has 0 aliphatic heterocycles. The van der Waals surface area contributed by atoms with Crippen LogP contribution in [-0.2, 0) is 6.54 Å². The number of halogens is 1. The summed E-state index contributed by atoms with van der Waals surface area (Å²) >= 11 is 5.92. The Morgan fingerprint density at radius 3 is 2.60 bits per heavy atom. The third-order valence-corrected chi connectivity index (χ3v) is 3.15. The van der Waals surface area contributed by atoms with Crippen LogP contribution in [0.25, 0.3) is 0 Å². The Hall–Kier alpha value is -2.07. The van der Waals surface area contributed by atoms with Crippen LogP contribution in [0.5, 0.6) is 17.2 Å². The predicted molar refractivity (Wildman–Crippen MR) is 80.0 cm³/mol. The van der Waals surface area contributed by atoms with Gasteiger partial charge in [-0.3, -0.25) is 0 Å². The summed E-state index contributed by atoms with van der Waals surface area (Å²) in [7, 11) is 3.20. The molecule has 0 saturated carbocycles. The van der Waals surface area contributed by atoms with Gasteiger partial charge in [0.05, 0.1) is 19.9 Å². The number of aromatic hydroxyl groups is 1. The maximum absolute atomic E-state index is 9.77. The molecule has 20 heavy (non-hydrogen) atoms. The van der Waals surface area contributed by atoms with Crippen molar-refractivity contribution in [2.24, 2.45) is 0 Å². The number of hydrogen-bond donors (Lipinski definition) is 2. The molecule has 0 aliphatic carbocycles. The first-order valence-electron chi connectivity index (χ1n) is 6.07. The van der Waals surface area contributed by atoms with Crippen LogP contribution in [0.1, 0.15) is 5.56 Å². The molecule has 0 unspecified atom stereocenters. The topological polar surface area (TPSA) is 50.7 Å². The molecule has 0 saturated heterocycles. The van der Waals surface area contributed by atoms with Crippen molar-refractivity contribution in [3.63, 3.8) is 0 Å². The third kappa shape index (κ3) is 3.27. The number of methoxy groups -OCH3 is 2. The summed E-state index contributed by atoms with van der Waals surface area (Å²) < 4.78 is 10.4. The summed E-state index contributed by atoms with van der Waals surface area (Å²) in [5.74, 6) is 1.60. The monoisotopic (exact) mass is 293 g/mol. The van der Waals surface area contributed by atoms with Crippen LogP contribution in [0.4, 0.5) is 5.69 Å². The zero-order chi connectivity index (χ0) is 14.5. The van der Waals surface area contributed by atoms with Crippen molar-refractivity contribution in [2.75, 3.05) is 19.5 Å². The molecule has 0 atom stereocenters. The largest absolute Gasteiger partial charge is 0.508 e. The zero-order valence-electron chi connectivity index (χ0n) is 11.3. The molecule has 106 valence electrons. The average molecular weight is 294 g/mol. The summed E-state index contributed by atoms with van der Waals surface area (Å²) in [4.78, 5) is 0. The molecule has 0 fully saturated rings. The minimum absolute atomic E-state index is 0.203. The minimum Gasteiger partial charge on any atom is -0.508 e. The molecule has 0 spiro atoms. The smallest absolute Gasteiger partial charge is 0.145 e. The molecular weight excluding hydrogens is 278 g/mol. The number of ether oxygens (including phenoxy) is 2. The third-order valence-electron chi connectivity index (χ3n) is 2.92. The van der Waals surface area contributed by atoms with Crippen LogP contribution in [0, 0.1) is 0 Å². The van der Waals surface area contributed by atoms with E-state index in [1.165, 1.54) is 0 Å². The minimum atomic E-state index is 0.203. The van der Waals surface area contributed by atoms with Crippen LogP contribution in [0.3, 0.4) is 0 Å². The Balaban J connectivity index is 2.16. The van der Waals surface area contributed by atoms with Crippen molar-refractivity contribution in [1.29, 1.82) is 0 Å². The lowest BCUT2D eigenvalue weighted by molar-refractivity contribution is 0.395. The molecule has 0 aliphatic rings. The van der Waals surface area contributed by atoms with E-state index < -0.39 is 0 Å². The fraction of sp³-hybridized carbons (Fsp3) is 0.200. The molecule has 0 amide bonds. The maximum atomic E-state index is 9.77. The Bertz CT molecular complexity index is 602. The molecule has 0 bridgehead atoms. The van der Waals surface area contributed by atoms with E-state index in [1.54, 1.807) is 38.5 Å². The van der Waals surface area contributed by atoms with E-state index in [0.29, 0.717) is 17.3 Å². The number of nitrogens with one attached hydrogen (secondary N) is 1. The Morgan fingerprint density at radius 2 is 1.90 bits per heavy atom. The van der Waals surface area contributed by atoms with Crippen molar-refractivity contribution in [3.05, 3.63) is 47.0 Å². The van der Waals surface area contributed by atoms with E-state index in [-0.39, 0.29) is 5.75 Å². The predicted octanol–water partition coefficient (Wildman–Crippen LogP) is 3.67. The normalized spacial score (nSPS) is 10.2. The SMILES string of the molecule is COc1ccc(NCc2cc(Cl)ccc2O)c(OC)c1. The van der Waals surface area contributed by atoms with E-state index in [1.807, 2.05) is 12.1 Å². The Labute approximate surface area is 122 Å². The van der Waals surface area contributed by atoms with Crippen molar-refractivity contribution in [1.82, 2.24) is 0 Å². The van der Waals surface area contributed by atoms with Gasteiger partial charge in [-0.05, 0) is 30.3 Å².